The molecule has 2 fully saturated rings. The zero-order chi connectivity index (χ0) is 22.0. The number of carbonyl (C=O) groups is 1. The summed E-state index contributed by atoms with van der Waals surface area (Å²) in [5.41, 5.74) is 0.0729. The molecule has 1 aromatic rings. The second-order valence-electron chi connectivity index (χ2n) is 9.15. The maximum absolute atomic E-state index is 14.1. The number of aliphatic imine (C=N–C) groups is 1. The summed E-state index contributed by atoms with van der Waals surface area (Å²) >= 11 is 0. The Kier molecular flexibility index (Phi) is 6.34. The van der Waals surface area contributed by atoms with Crippen molar-refractivity contribution in [2.45, 2.75) is 64.5 Å². The fraction of sp³-hybridized carbons (Fsp3) is 0.600. The molecule has 2 amide bonds. The summed E-state index contributed by atoms with van der Waals surface area (Å²) in [7, 11) is 0. The monoisotopic (exact) mass is 424 g/mol. The Morgan fingerprint density at radius 2 is 2.16 bits per heavy atom. The van der Waals surface area contributed by atoms with Crippen LogP contribution in [-0.4, -0.2) is 59.4 Å². The quantitative estimate of drug-likeness (QED) is 0.667. The van der Waals surface area contributed by atoms with Crippen LogP contribution in [0, 0.1) is 23.6 Å². The molecule has 1 aromatic carbocycles. The minimum absolute atomic E-state index is 0.246. The number of hydrogen-bond donors (Lipinski definition) is 0. The Morgan fingerprint density at radius 1 is 1.32 bits per heavy atom. The fourth-order valence-electron chi connectivity index (χ4n) is 5.62. The Hall–Kier alpha value is -2.39. The first-order valence-electron chi connectivity index (χ1n) is 11.6. The van der Waals surface area contributed by atoms with E-state index < -0.39 is 5.54 Å². The van der Waals surface area contributed by atoms with Crippen LogP contribution >= 0.6 is 0 Å². The van der Waals surface area contributed by atoms with E-state index >= 15 is 0 Å². The van der Waals surface area contributed by atoms with Crippen LogP contribution in [-0.2, 0) is 0 Å². The van der Waals surface area contributed by atoms with Gasteiger partial charge in [-0.1, -0.05) is 25.3 Å². The van der Waals surface area contributed by atoms with Crippen LogP contribution in [0.5, 0.6) is 0 Å². The number of benzene rings is 1. The molecular formula is C25H33FN4O. The van der Waals surface area contributed by atoms with Crippen molar-refractivity contribution in [2.75, 3.05) is 31.1 Å². The molecule has 0 bridgehead atoms. The van der Waals surface area contributed by atoms with Crippen molar-refractivity contribution in [1.82, 2.24) is 9.80 Å². The van der Waals surface area contributed by atoms with Gasteiger partial charge in [-0.2, -0.15) is 4.99 Å². The van der Waals surface area contributed by atoms with E-state index in [-0.39, 0.29) is 17.9 Å². The average Bonchev–Trinajstić information content (AvgIpc) is 3.30. The van der Waals surface area contributed by atoms with Crippen LogP contribution in [0.3, 0.4) is 0 Å². The largest absolute Gasteiger partial charge is 0.358 e. The van der Waals surface area contributed by atoms with E-state index in [1.807, 2.05) is 13.0 Å². The number of halogens is 1. The first kappa shape index (κ1) is 21.8. The molecule has 0 aliphatic carbocycles. The lowest BCUT2D eigenvalue weighted by Gasteiger charge is -2.49. The standard InChI is InChI=1S/C25H33FN4O/c1-4-6-13-28-15-12-25(17-19(28)3)23(29-14-11-20(18-29)8-5-2)27-24(31)30(25)22-10-7-9-21(26)16-22/h7,9-10,16,19-20H,5,8,11-15,17-18H2,1-3H3/t19-,20?,25+/m0/s1. The summed E-state index contributed by atoms with van der Waals surface area (Å²) in [6.07, 6.45) is 5.07. The van der Waals surface area contributed by atoms with E-state index in [0.29, 0.717) is 11.6 Å². The molecule has 2 saturated heterocycles. The van der Waals surface area contributed by atoms with Gasteiger partial charge in [0.05, 0.1) is 6.54 Å². The highest BCUT2D eigenvalue weighted by Crippen LogP contribution is 2.43. The molecule has 3 atom stereocenters. The molecule has 0 aromatic heterocycles. The van der Waals surface area contributed by atoms with Gasteiger partial charge in [-0.05, 0) is 63.6 Å². The first-order valence-corrected chi connectivity index (χ1v) is 11.6. The summed E-state index contributed by atoms with van der Waals surface area (Å²) < 4.78 is 14.1. The number of likely N-dealkylation sites (tertiary alicyclic amines) is 2. The Morgan fingerprint density at radius 3 is 2.87 bits per heavy atom. The van der Waals surface area contributed by atoms with E-state index in [1.165, 1.54) is 25.0 Å². The average molecular weight is 425 g/mol. The maximum atomic E-state index is 14.1. The molecule has 0 saturated carbocycles. The molecule has 166 valence electrons. The molecule has 1 spiro atoms. The van der Waals surface area contributed by atoms with Crippen LogP contribution in [0.15, 0.2) is 29.3 Å². The molecule has 6 heteroatoms. The molecule has 3 aliphatic rings. The van der Waals surface area contributed by atoms with Crippen molar-refractivity contribution in [3.63, 3.8) is 0 Å². The minimum atomic E-state index is -0.526. The Balaban J connectivity index is 1.69. The summed E-state index contributed by atoms with van der Waals surface area (Å²) in [4.78, 5) is 24.3. The van der Waals surface area contributed by atoms with E-state index in [4.69, 9.17) is 0 Å². The van der Waals surface area contributed by atoms with Crippen molar-refractivity contribution in [1.29, 1.82) is 0 Å². The number of carbonyl (C=O) groups excluding carboxylic acids is 1. The van der Waals surface area contributed by atoms with Crippen molar-refractivity contribution in [3.05, 3.63) is 30.1 Å². The summed E-state index contributed by atoms with van der Waals surface area (Å²) in [5.74, 6) is 7.38. The van der Waals surface area contributed by atoms with Crippen LogP contribution in [0.2, 0.25) is 0 Å². The topological polar surface area (TPSA) is 39.1 Å². The minimum Gasteiger partial charge on any atom is -0.358 e. The van der Waals surface area contributed by atoms with E-state index in [2.05, 4.69) is 40.5 Å². The number of urea groups is 1. The molecule has 0 radical (unpaired) electrons. The Bertz CT molecular complexity index is 920. The van der Waals surface area contributed by atoms with Gasteiger partial charge in [0, 0.05) is 31.4 Å². The Labute approximate surface area is 185 Å². The number of hydrogen-bond acceptors (Lipinski definition) is 3. The third-order valence-corrected chi connectivity index (χ3v) is 7.11. The lowest BCUT2D eigenvalue weighted by molar-refractivity contribution is 0.142. The summed E-state index contributed by atoms with van der Waals surface area (Å²) in [6, 6.07) is 6.35. The molecule has 1 unspecified atom stereocenters. The van der Waals surface area contributed by atoms with Gasteiger partial charge in [0.2, 0.25) is 0 Å². The summed E-state index contributed by atoms with van der Waals surface area (Å²) in [6.45, 7) is 9.75. The predicted octanol–water partition coefficient (Wildman–Crippen LogP) is 4.53. The second kappa shape index (κ2) is 9.00. The molecule has 3 heterocycles. The highest BCUT2D eigenvalue weighted by molar-refractivity contribution is 6.16. The zero-order valence-electron chi connectivity index (χ0n) is 18.9. The number of nitrogens with zero attached hydrogens (tertiary/aromatic N) is 4. The van der Waals surface area contributed by atoms with Crippen molar-refractivity contribution in [3.8, 4) is 11.8 Å². The molecule has 0 N–H and O–H groups in total. The molecular weight excluding hydrogens is 391 g/mol. The lowest BCUT2D eigenvalue weighted by atomic mass is 9.80. The van der Waals surface area contributed by atoms with Gasteiger partial charge >= 0.3 is 6.03 Å². The maximum Gasteiger partial charge on any atom is 0.350 e. The first-order chi connectivity index (χ1) is 15.0. The molecule has 4 rings (SSSR count). The van der Waals surface area contributed by atoms with Crippen LogP contribution < -0.4 is 4.90 Å². The van der Waals surface area contributed by atoms with Crippen molar-refractivity contribution >= 4 is 17.6 Å². The van der Waals surface area contributed by atoms with E-state index in [9.17, 15) is 9.18 Å². The number of rotatable bonds is 4. The van der Waals surface area contributed by atoms with Gasteiger partial charge < -0.3 is 4.90 Å². The van der Waals surface area contributed by atoms with Crippen LogP contribution in [0.1, 0.15) is 52.9 Å². The molecule has 31 heavy (non-hydrogen) atoms. The zero-order valence-corrected chi connectivity index (χ0v) is 18.9. The molecule has 3 aliphatic heterocycles. The van der Waals surface area contributed by atoms with Crippen molar-refractivity contribution in [2.24, 2.45) is 10.9 Å². The fourth-order valence-corrected chi connectivity index (χ4v) is 5.62. The van der Waals surface area contributed by atoms with Gasteiger partial charge in [0.1, 0.15) is 17.2 Å². The van der Waals surface area contributed by atoms with Gasteiger partial charge in [-0.25, -0.2) is 9.18 Å². The van der Waals surface area contributed by atoms with Crippen molar-refractivity contribution < 1.29 is 9.18 Å². The lowest BCUT2D eigenvalue weighted by Crippen LogP contribution is -2.63. The number of piperidine rings is 1. The van der Waals surface area contributed by atoms with Gasteiger partial charge in [0.25, 0.3) is 0 Å². The third kappa shape index (κ3) is 4.08. The number of anilines is 1. The normalized spacial score (nSPS) is 28.8. The number of amidine groups is 1. The van der Waals surface area contributed by atoms with Crippen LogP contribution in [0.25, 0.3) is 0 Å². The highest BCUT2D eigenvalue weighted by Gasteiger charge is 2.55. The smallest absolute Gasteiger partial charge is 0.350 e. The SMILES string of the molecule is CC#CCN1CC[C@@]2(C[C@@H]1C)C(N1CCC(CCC)C1)=NC(=O)N2c1cccc(F)c1. The van der Waals surface area contributed by atoms with E-state index in [0.717, 1.165) is 51.3 Å². The number of amides is 2. The summed E-state index contributed by atoms with van der Waals surface area (Å²) in [5, 5.41) is 0. The van der Waals surface area contributed by atoms with Gasteiger partial charge in [-0.15, -0.1) is 5.92 Å². The highest BCUT2D eigenvalue weighted by atomic mass is 19.1. The molecule has 5 nitrogen and oxygen atoms in total. The predicted molar refractivity (Wildman–Crippen MR) is 123 cm³/mol. The second-order valence-corrected chi connectivity index (χ2v) is 9.15. The van der Waals surface area contributed by atoms with Crippen LogP contribution in [0.4, 0.5) is 14.9 Å². The van der Waals surface area contributed by atoms with Gasteiger partial charge in [0.15, 0.2) is 0 Å². The third-order valence-electron chi connectivity index (χ3n) is 7.11. The van der Waals surface area contributed by atoms with Gasteiger partial charge in [-0.3, -0.25) is 9.80 Å². The van der Waals surface area contributed by atoms with E-state index in [1.54, 1.807) is 11.0 Å².